The highest BCUT2D eigenvalue weighted by molar-refractivity contribution is 6.99. The van der Waals surface area contributed by atoms with Crippen molar-refractivity contribution in [2.45, 2.75) is 141 Å². The molecule has 0 spiro atoms. The van der Waals surface area contributed by atoms with E-state index < -0.39 is 5.41 Å². The van der Waals surface area contributed by atoms with Crippen molar-refractivity contribution in [3.8, 4) is 28.2 Å². The molecule has 0 radical (unpaired) electrons. The molecule has 4 nitrogen and oxygen atoms in total. The van der Waals surface area contributed by atoms with Crippen LogP contribution in [0.5, 0.6) is 0 Å². The van der Waals surface area contributed by atoms with E-state index in [1.165, 1.54) is 204 Å². The lowest BCUT2D eigenvalue weighted by Crippen LogP contribution is -2.65. The second-order valence-electron chi connectivity index (χ2n) is 28.0. The van der Waals surface area contributed by atoms with Gasteiger partial charge in [-0.1, -0.05) is 178 Å². The monoisotopic (exact) mass is 1150 g/mol. The van der Waals surface area contributed by atoms with Crippen molar-refractivity contribution < 1.29 is 0 Å². The molecule has 3 aromatic heterocycles. The highest BCUT2D eigenvalue weighted by Crippen LogP contribution is 2.53. The lowest BCUT2D eigenvalue weighted by atomic mass is 9.29. The van der Waals surface area contributed by atoms with Crippen LogP contribution in [-0.4, -0.2) is 20.4 Å². The molecule has 0 unspecified atom stereocenters. The lowest BCUT2D eigenvalue weighted by molar-refractivity contribution is 0.590. The molecule has 436 valence electrons. The summed E-state index contributed by atoms with van der Waals surface area (Å²) in [6, 6.07) is 81.9. The summed E-state index contributed by atoms with van der Waals surface area (Å²) in [7, 11) is 0. The normalized spacial score (nSPS) is 16.4. The van der Waals surface area contributed by atoms with Crippen LogP contribution in [0.1, 0.15) is 151 Å². The molecule has 0 saturated heterocycles. The maximum Gasteiger partial charge on any atom is 0.247 e. The van der Waals surface area contributed by atoms with Gasteiger partial charge in [0.05, 0.1) is 22.1 Å². The van der Waals surface area contributed by atoms with Crippen molar-refractivity contribution in [2.75, 3.05) is 4.90 Å². The fourth-order valence-electron chi connectivity index (χ4n) is 18.3. The van der Waals surface area contributed by atoms with E-state index in [0.29, 0.717) is 0 Å². The molecule has 9 aromatic carbocycles. The third kappa shape index (κ3) is 7.98. The van der Waals surface area contributed by atoms with Gasteiger partial charge < -0.3 is 18.6 Å². The third-order valence-corrected chi connectivity index (χ3v) is 22.2. The zero-order chi connectivity index (χ0) is 59.1. The van der Waals surface area contributed by atoms with Crippen LogP contribution in [0, 0.1) is 0 Å². The Morgan fingerprint density at radius 3 is 1.44 bits per heavy atom. The fraction of sp³-hybridized carbons (Fsp3) is 0.262. The molecule has 5 heterocycles. The molecule has 12 aromatic rings. The van der Waals surface area contributed by atoms with Gasteiger partial charge in [-0.3, -0.25) is 0 Å². The highest BCUT2D eigenvalue weighted by Gasteiger charge is 2.53. The summed E-state index contributed by atoms with van der Waals surface area (Å²) < 4.78 is 8.22. The van der Waals surface area contributed by atoms with Crippen LogP contribution in [0.4, 0.5) is 17.1 Å². The van der Waals surface area contributed by atoms with Crippen LogP contribution < -0.4 is 21.3 Å². The minimum absolute atomic E-state index is 0.0755. The van der Waals surface area contributed by atoms with Gasteiger partial charge in [0.15, 0.2) is 0 Å². The van der Waals surface area contributed by atoms with Gasteiger partial charge in [0.2, 0.25) is 6.71 Å². The largest absolute Gasteiger partial charge is 0.317 e. The first-order valence-corrected chi connectivity index (χ1v) is 33.9. The molecule has 6 aliphatic rings. The lowest BCUT2D eigenvalue weighted by Gasteiger charge is -2.49. The first-order valence-electron chi connectivity index (χ1n) is 33.9. The molecule has 4 aliphatic carbocycles. The van der Waals surface area contributed by atoms with Gasteiger partial charge in [0.1, 0.15) is 0 Å². The summed E-state index contributed by atoms with van der Waals surface area (Å²) >= 11 is 0. The van der Waals surface area contributed by atoms with Crippen LogP contribution in [0.2, 0.25) is 0 Å². The fourth-order valence-corrected chi connectivity index (χ4v) is 18.3. The van der Waals surface area contributed by atoms with E-state index in [2.05, 4.69) is 246 Å². The van der Waals surface area contributed by atoms with E-state index >= 15 is 0 Å². The van der Waals surface area contributed by atoms with Crippen LogP contribution in [0.3, 0.4) is 0 Å². The third-order valence-electron chi connectivity index (χ3n) is 22.2. The van der Waals surface area contributed by atoms with E-state index in [-0.39, 0.29) is 12.1 Å². The summed E-state index contributed by atoms with van der Waals surface area (Å²) in [5.41, 5.74) is 35.1. The topological polar surface area (TPSA) is 18.0 Å². The minimum atomic E-state index is -0.734. The Labute approximate surface area is 525 Å². The first kappa shape index (κ1) is 53.3. The van der Waals surface area contributed by atoms with Gasteiger partial charge >= 0.3 is 0 Å². The Morgan fingerprint density at radius 1 is 0.360 bits per heavy atom. The van der Waals surface area contributed by atoms with E-state index in [0.717, 1.165) is 38.5 Å². The van der Waals surface area contributed by atoms with Crippen molar-refractivity contribution in [1.82, 2.24) is 13.7 Å². The zero-order valence-electron chi connectivity index (χ0n) is 52.0. The molecular weight excluding hydrogens is 1080 g/mol. The summed E-state index contributed by atoms with van der Waals surface area (Å²) in [5.74, 6) is 0. The summed E-state index contributed by atoms with van der Waals surface area (Å²) in [4.78, 5) is 2.77. The predicted octanol–water partition coefficient (Wildman–Crippen LogP) is 18.2. The number of para-hydroxylation sites is 2. The Bertz CT molecular complexity index is 4740. The molecule has 5 heteroatoms. The summed E-state index contributed by atoms with van der Waals surface area (Å²) in [5, 5.41) is 2.80. The van der Waals surface area contributed by atoms with Gasteiger partial charge in [0.25, 0.3) is 0 Å². The number of rotatable bonds is 7. The number of fused-ring (bicyclic) bond motifs is 13. The second-order valence-corrected chi connectivity index (χ2v) is 28.0. The van der Waals surface area contributed by atoms with Gasteiger partial charge in [-0.25, -0.2) is 0 Å². The molecule has 0 fully saturated rings. The van der Waals surface area contributed by atoms with Gasteiger partial charge in [-0.05, 0) is 235 Å². The SMILES string of the molecule is CC(C)(C)c1ccc(N2c3cc(-n4c5c(c6ccccc64)CCCC5)ccc3B3c4ccc(-n5c6c(c7c5CCCC7)CCCC6)cc4C(c4ccccc4)(c4ccccc4)c4cc(-n5c6c(c7ccccc75)CCCCC6)cc2c43)c(-c2ccccc2)c1. The highest BCUT2D eigenvalue weighted by atomic mass is 15.2. The molecular formula is C84H77BN4. The Hall–Kier alpha value is -8.80. The summed E-state index contributed by atoms with van der Waals surface area (Å²) in [6.07, 6.45) is 20.2. The number of anilines is 3. The van der Waals surface area contributed by atoms with Crippen LogP contribution in [0.15, 0.2) is 206 Å². The molecule has 18 rings (SSSR count). The van der Waals surface area contributed by atoms with E-state index in [9.17, 15) is 0 Å². The number of hydrogen-bond acceptors (Lipinski definition) is 1. The molecule has 89 heavy (non-hydrogen) atoms. The molecule has 0 amide bonds. The molecule has 0 bridgehead atoms. The smallest absolute Gasteiger partial charge is 0.247 e. The maximum absolute atomic E-state index is 2.81. The second kappa shape index (κ2) is 20.6. The number of aryl methyl sites for hydroxylation is 2. The number of hydrogen-bond donors (Lipinski definition) is 0. The Kier molecular flexibility index (Phi) is 12.3. The van der Waals surface area contributed by atoms with Crippen molar-refractivity contribution in [2.24, 2.45) is 0 Å². The molecule has 0 N–H and O–H groups in total. The van der Waals surface area contributed by atoms with Crippen LogP contribution >= 0.6 is 0 Å². The number of nitrogens with zero attached hydrogens (tertiary/aromatic N) is 4. The number of benzene rings is 9. The maximum atomic E-state index is 2.81. The van der Waals surface area contributed by atoms with Crippen molar-refractivity contribution in [3.63, 3.8) is 0 Å². The van der Waals surface area contributed by atoms with Crippen molar-refractivity contribution >= 4 is 62.0 Å². The standard InChI is InChI=1S/C84H77BN4/c1-83(2,3)58-44-49-79(68(50-58)55-26-8-4-9-27-55)89-80-53-60(87-75-41-23-18-35-65(75)66-36-19-24-42-76(66)87)46-48-72(80)85-71-47-45-59(86-73-39-21-16-33-63(73)64-34-17-22-40-74(64)86)51-69(71)84(56-28-10-5-11-29-56,57-30-12-6-13-31-57)70-52-61(54-81(89)82(70)85)88-77-38-15-7-14-32-62(77)67-37-20-25-43-78(67)88/h4-6,8-13,18,20,23,25-31,35,37,41,43-54H,7,14-17,19,21-22,24,32-34,36,38-40,42H2,1-3H3. The molecule has 0 saturated carbocycles. The Balaban J connectivity index is 1.02. The Morgan fingerprint density at radius 2 is 0.831 bits per heavy atom. The van der Waals surface area contributed by atoms with Crippen molar-refractivity contribution in [1.29, 1.82) is 0 Å². The van der Waals surface area contributed by atoms with Gasteiger partial charge in [-0.2, -0.15) is 0 Å². The average molecular weight is 1150 g/mol. The van der Waals surface area contributed by atoms with Gasteiger partial charge in [0, 0.05) is 67.5 Å². The zero-order valence-corrected chi connectivity index (χ0v) is 52.0. The predicted molar refractivity (Wildman–Crippen MR) is 372 cm³/mol. The molecule has 2 aliphatic heterocycles. The van der Waals surface area contributed by atoms with E-state index in [1.807, 2.05) is 0 Å². The van der Waals surface area contributed by atoms with Crippen LogP contribution in [0.25, 0.3) is 50.0 Å². The number of aromatic nitrogens is 3. The first-order chi connectivity index (χ1) is 43.8. The molecule has 0 atom stereocenters. The quantitative estimate of drug-likeness (QED) is 0.115. The van der Waals surface area contributed by atoms with Crippen LogP contribution in [-0.2, 0) is 62.2 Å². The van der Waals surface area contributed by atoms with E-state index in [4.69, 9.17) is 0 Å². The van der Waals surface area contributed by atoms with E-state index in [1.54, 1.807) is 22.5 Å². The average Bonchev–Trinajstić information content (AvgIpc) is 1.30. The summed E-state index contributed by atoms with van der Waals surface area (Å²) in [6.45, 7) is 7.01. The minimum Gasteiger partial charge on any atom is -0.317 e. The van der Waals surface area contributed by atoms with Gasteiger partial charge in [-0.15, -0.1) is 0 Å². The van der Waals surface area contributed by atoms with Crippen molar-refractivity contribution in [3.05, 3.63) is 279 Å².